The van der Waals surface area contributed by atoms with Gasteiger partial charge in [0.15, 0.2) is 5.96 Å². The van der Waals surface area contributed by atoms with E-state index in [2.05, 4.69) is 31.9 Å². The molecule has 1 saturated heterocycles. The van der Waals surface area contributed by atoms with Gasteiger partial charge in [0.1, 0.15) is 24.2 Å². The Hall–Kier alpha value is -4.20. The average Bonchev–Trinajstić information content (AvgIpc) is 2.92. The van der Waals surface area contributed by atoms with Crippen LogP contribution in [-0.2, 0) is 30.4 Å². The Bertz CT molecular complexity index is 1040. The third-order valence-corrected chi connectivity index (χ3v) is 6.31. The highest BCUT2D eigenvalue weighted by atomic mass is 16.2. The molecular weight excluding hydrogens is 518 g/mol. The maximum atomic E-state index is 13.4. The zero-order valence-electron chi connectivity index (χ0n) is 22.8. The zero-order chi connectivity index (χ0) is 29.5. The number of amides is 5. The van der Waals surface area contributed by atoms with Gasteiger partial charge in [-0.25, -0.2) is 0 Å². The summed E-state index contributed by atoms with van der Waals surface area (Å²) in [7, 11) is 0. The van der Waals surface area contributed by atoms with Gasteiger partial charge in [0.2, 0.25) is 29.5 Å². The Kier molecular flexibility index (Phi) is 13.4. The van der Waals surface area contributed by atoms with Crippen LogP contribution in [0.1, 0.15) is 44.6 Å². The molecule has 5 amide bonds. The van der Waals surface area contributed by atoms with Crippen molar-refractivity contribution in [3.05, 3.63) is 35.9 Å². The van der Waals surface area contributed by atoms with Crippen LogP contribution in [0.25, 0.3) is 0 Å². The van der Waals surface area contributed by atoms with Crippen molar-refractivity contribution in [3.63, 3.8) is 0 Å². The summed E-state index contributed by atoms with van der Waals surface area (Å²) in [5, 5.41) is 23.0. The lowest BCUT2D eigenvalue weighted by atomic mass is 10.0. The second kappa shape index (κ2) is 16.7. The Morgan fingerprint density at radius 2 is 1.45 bits per heavy atom. The van der Waals surface area contributed by atoms with Gasteiger partial charge in [0, 0.05) is 13.0 Å². The number of carbonyl (C=O) groups excluding carboxylic acids is 5. The third kappa shape index (κ3) is 11.3. The van der Waals surface area contributed by atoms with Gasteiger partial charge in [-0.05, 0) is 51.1 Å². The minimum Gasteiger partial charge on any atom is -0.370 e. The molecule has 220 valence electrons. The highest BCUT2D eigenvalue weighted by Gasteiger charge is 2.31. The third-order valence-electron chi connectivity index (χ3n) is 6.31. The second-order valence-corrected chi connectivity index (χ2v) is 9.65. The van der Waals surface area contributed by atoms with Crippen molar-refractivity contribution in [2.45, 2.75) is 69.6 Å². The molecule has 1 fully saturated rings. The molecule has 14 nitrogen and oxygen atoms in total. The minimum absolute atomic E-state index is 0.155. The first kappa shape index (κ1) is 32.0. The topological polar surface area (TPSA) is 233 Å². The van der Waals surface area contributed by atoms with E-state index in [1.165, 1.54) is 6.92 Å². The molecule has 1 aliphatic rings. The van der Waals surface area contributed by atoms with E-state index in [4.69, 9.17) is 16.9 Å². The SMILES string of the molecule is C[C@H]1NC(=O)CNC(=O)[C@H](CCCNC(=N)N)NC(=O)C(CCCCN)NC(=O)[C@H](Cc2ccccc2)NC1=O. The molecule has 0 spiro atoms. The van der Waals surface area contributed by atoms with E-state index in [1.54, 1.807) is 0 Å². The Morgan fingerprint density at radius 1 is 0.850 bits per heavy atom. The normalized spacial score (nSPS) is 22.9. The van der Waals surface area contributed by atoms with Gasteiger partial charge >= 0.3 is 0 Å². The van der Waals surface area contributed by atoms with Crippen molar-refractivity contribution in [2.75, 3.05) is 19.6 Å². The molecule has 0 bridgehead atoms. The second-order valence-electron chi connectivity index (χ2n) is 9.65. The standard InChI is InChI=1S/C26H41N9O5/c1-16-22(37)35-20(14-17-8-3-2-4-9-17)25(40)34-19(10-5-6-12-27)24(39)33-18(11-7-13-30-26(28)29)23(38)31-15-21(36)32-16/h2-4,8-9,16,18-20H,5-7,10-15,27H2,1H3,(H,31,38)(H,32,36)(H,33,39)(H,34,40)(H,35,37)(H4,28,29,30)/t16-,18+,19?,20+/m1/s1. The molecule has 0 saturated carbocycles. The van der Waals surface area contributed by atoms with Crippen molar-refractivity contribution in [3.8, 4) is 0 Å². The number of nitrogens with one attached hydrogen (secondary N) is 7. The number of rotatable bonds is 10. The van der Waals surface area contributed by atoms with Gasteiger partial charge < -0.3 is 43.4 Å². The van der Waals surface area contributed by atoms with E-state index in [0.717, 1.165) is 5.56 Å². The molecule has 1 heterocycles. The molecule has 0 aliphatic carbocycles. The fourth-order valence-corrected chi connectivity index (χ4v) is 4.11. The van der Waals surface area contributed by atoms with Crippen molar-refractivity contribution in [1.82, 2.24) is 31.9 Å². The maximum Gasteiger partial charge on any atom is 0.243 e. The first-order valence-electron chi connectivity index (χ1n) is 13.4. The lowest BCUT2D eigenvalue weighted by Gasteiger charge is -2.25. The first-order valence-corrected chi connectivity index (χ1v) is 13.4. The number of hydrogen-bond acceptors (Lipinski definition) is 7. The van der Waals surface area contributed by atoms with Crippen molar-refractivity contribution < 1.29 is 24.0 Å². The predicted molar refractivity (Wildman–Crippen MR) is 149 cm³/mol. The van der Waals surface area contributed by atoms with Gasteiger partial charge in [-0.2, -0.15) is 0 Å². The first-order chi connectivity index (χ1) is 19.1. The summed E-state index contributed by atoms with van der Waals surface area (Å²) in [6.45, 7) is 1.75. The number of hydrogen-bond donors (Lipinski definition) is 9. The summed E-state index contributed by atoms with van der Waals surface area (Å²) in [6, 6.07) is 5.03. The van der Waals surface area contributed by atoms with Crippen LogP contribution < -0.4 is 43.4 Å². The summed E-state index contributed by atoms with van der Waals surface area (Å²) in [4.78, 5) is 65.1. The molecule has 0 aromatic heterocycles. The molecule has 0 radical (unpaired) electrons. The molecule has 14 heteroatoms. The number of carbonyl (C=O) groups is 5. The number of unbranched alkanes of at least 4 members (excludes halogenated alkanes) is 1. The van der Waals surface area contributed by atoms with Crippen molar-refractivity contribution >= 4 is 35.5 Å². The Morgan fingerprint density at radius 3 is 2.10 bits per heavy atom. The van der Waals surface area contributed by atoms with E-state index in [-0.39, 0.29) is 25.2 Å². The summed E-state index contributed by atoms with van der Waals surface area (Å²) in [5.74, 6) is -3.19. The van der Waals surface area contributed by atoms with E-state index in [0.29, 0.717) is 32.4 Å². The van der Waals surface area contributed by atoms with Crippen LogP contribution in [-0.4, -0.2) is 79.3 Å². The molecule has 40 heavy (non-hydrogen) atoms. The lowest BCUT2D eigenvalue weighted by molar-refractivity contribution is -0.134. The van der Waals surface area contributed by atoms with Gasteiger partial charge in [-0.3, -0.25) is 29.4 Å². The van der Waals surface area contributed by atoms with Crippen molar-refractivity contribution in [1.29, 1.82) is 5.41 Å². The minimum atomic E-state index is -1.03. The van der Waals surface area contributed by atoms with E-state index in [9.17, 15) is 24.0 Å². The monoisotopic (exact) mass is 559 g/mol. The van der Waals surface area contributed by atoms with Gasteiger partial charge in [-0.15, -0.1) is 0 Å². The molecule has 4 atom stereocenters. The molecule has 2 rings (SSSR count). The fraction of sp³-hybridized carbons (Fsp3) is 0.538. The quantitative estimate of drug-likeness (QED) is 0.0857. The highest BCUT2D eigenvalue weighted by Crippen LogP contribution is 2.08. The van der Waals surface area contributed by atoms with Crippen molar-refractivity contribution in [2.24, 2.45) is 11.5 Å². The Balaban J connectivity index is 2.34. The predicted octanol–water partition coefficient (Wildman–Crippen LogP) is -2.29. The van der Waals surface area contributed by atoms with E-state index < -0.39 is 60.2 Å². The number of benzene rings is 1. The summed E-state index contributed by atoms with van der Waals surface area (Å²) >= 11 is 0. The molecule has 1 aliphatic heterocycles. The van der Waals surface area contributed by atoms with E-state index >= 15 is 0 Å². The van der Waals surface area contributed by atoms with Crippen LogP contribution in [0.5, 0.6) is 0 Å². The molecule has 1 aromatic carbocycles. The summed E-state index contributed by atoms with van der Waals surface area (Å²) < 4.78 is 0. The maximum absolute atomic E-state index is 13.4. The molecule has 1 unspecified atom stereocenters. The molecule has 11 N–H and O–H groups in total. The summed E-state index contributed by atoms with van der Waals surface area (Å²) in [6.07, 6.45) is 2.13. The number of guanidine groups is 1. The Labute approximate surface area is 233 Å². The van der Waals surface area contributed by atoms with Crippen LogP contribution in [0.15, 0.2) is 30.3 Å². The fourth-order valence-electron chi connectivity index (χ4n) is 4.11. The lowest BCUT2D eigenvalue weighted by Crippen LogP contribution is -2.57. The van der Waals surface area contributed by atoms with Crippen LogP contribution in [0, 0.1) is 5.41 Å². The highest BCUT2D eigenvalue weighted by molar-refractivity contribution is 5.97. The smallest absolute Gasteiger partial charge is 0.243 e. The van der Waals surface area contributed by atoms with Gasteiger partial charge in [0.05, 0.1) is 6.54 Å². The molecule has 1 aromatic rings. The largest absolute Gasteiger partial charge is 0.370 e. The molecular formula is C26H41N9O5. The van der Waals surface area contributed by atoms with Crippen LogP contribution in [0.3, 0.4) is 0 Å². The van der Waals surface area contributed by atoms with Gasteiger partial charge in [0.25, 0.3) is 0 Å². The van der Waals surface area contributed by atoms with Crippen LogP contribution in [0.4, 0.5) is 0 Å². The average molecular weight is 560 g/mol. The van der Waals surface area contributed by atoms with Crippen LogP contribution >= 0.6 is 0 Å². The number of nitrogens with two attached hydrogens (primary N) is 2. The summed E-state index contributed by atoms with van der Waals surface area (Å²) in [5.41, 5.74) is 11.7. The zero-order valence-corrected chi connectivity index (χ0v) is 22.8. The van der Waals surface area contributed by atoms with Gasteiger partial charge in [-0.1, -0.05) is 30.3 Å². The van der Waals surface area contributed by atoms with Crippen LogP contribution in [0.2, 0.25) is 0 Å². The van der Waals surface area contributed by atoms with E-state index in [1.807, 2.05) is 30.3 Å².